The summed E-state index contributed by atoms with van der Waals surface area (Å²) in [6, 6.07) is 9.03. The second-order valence-electron chi connectivity index (χ2n) is 10.8. The van der Waals surface area contributed by atoms with Gasteiger partial charge in [-0.1, -0.05) is 0 Å². The number of amides is 1. The fraction of sp³-hybridized carbons (Fsp3) is 0.419. The lowest BCUT2D eigenvalue weighted by Gasteiger charge is -2.42. The van der Waals surface area contributed by atoms with E-state index in [-0.39, 0.29) is 62.3 Å². The van der Waals surface area contributed by atoms with Crippen molar-refractivity contribution in [1.29, 1.82) is 5.26 Å². The third kappa shape index (κ3) is 6.76. The quantitative estimate of drug-likeness (QED) is 0.328. The smallest absolute Gasteiger partial charge is 0.416 e. The first-order valence-corrected chi connectivity index (χ1v) is 14.1. The van der Waals surface area contributed by atoms with Crippen LogP contribution in [-0.4, -0.2) is 78.9 Å². The first-order valence-electron chi connectivity index (χ1n) is 14.1. The zero-order valence-corrected chi connectivity index (χ0v) is 24.7. The lowest BCUT2D eigenvalue weighted by Crippen LogP contribution is -2.54. The van der Waals surface area contributed by atoms with Crippen LogP contribution in [0.2, 0.25) is 0 Å². The van der Waals surface area contributed by atoms with Crippen LogP contribution in [-0.2, 0) is 16.4 Å². The van der Waals surface area contributed by atoms with E-state index < -0.39 is 28.9 Å². The number of halogens is 4. The van der Waals surface area contributed by atoms with Crippen LogP contribution < -0.4 is 15.0 Å². The Morgan fingerprint density at radius 2 is 1.95 bits per heavy atom. The van der Waals surface area contributed by atoms with Crippen LogP contribution in [0.5, 0.6) is 5.88 Å². The summed E-state index contributed by atoms with van der Waals surface area (Å²) in [5, 5.41) is 22.3. The SMILES string of the molecule is CCOc1ncccc1-c1ncc(C2(C(=O)NC[C@H](CO)N(C)C)CCN(c3ccc(C(F)(F)F)cc3C#N)CC2)cc1F. The minimum Gasteiger partial charge on any atom is -0.477 e. The van der Waals surface area contributed by atoms with Gasteiger partial charge in [-0.05, 0) is 75.8 Å². The number of rotatable bonds is 10. The molecule has 234 valence electrons. The van der Waals surface area contributed by atoms with Crippen molar-refractivity contribution in [2.24, 2.45) is 0 Å². The second-order valence-corrected chi connectivity index (χ2v) is 10.8. The number of aliphatic hydroxyl groups is 1. The summed E-state index contributed by atoms with van der Waals surface area (Å²) in [7, 11) is 3.54. The molecule has 0 saturated carbocycles. The number of hydrogen-bond acceptors (Lipinski definition) is 8. The molecule has 0 aliphatic carbocycles. The number of piperidine rings is 1. The molecule has 2 aromatic heterocycles. The standard InChI is InChI=1S/C31H34F4N6O3/c1-4-44-28-24(6-5-11-37-28)27-25(32)15-22(17-38-27)30(29(43)39-18-23(19-42)40(2)3)9-12-41(13-10-30)26-8-7-21(31(33,34)35)14-20(26)16-36/h5-8,11,14-15,17,23,42H,4,9-10,12-13,18-19H2,1-3H3,(H,39,43)/t23-/m1/s1. The van der Waals surface area contributed by atoms with Gasteiger partial charge in [-0.25, -0.2) is 9.37 Å². The number of anilines is 1. The van der Waals surface area contributed by atoms with Crippen LogP contribution in [0.25, 0.3) is 11.3 Å². The van der Waals surface area contributed by atoms with Gasteiger partial charge < -0.3 is 25.0 Å². The Kier molecular flexibility index (Phi) is 10.1. The highest BCUT2D eigenvalue weighted by molar-refractivity contribution is 5.89. The highest BCUT2D eigenvalue weighted by Gasteiger charge is 2.44. The highest BCUT2D eigenvalue weighted by atomic mass is 19.4. The maximum atomic E-state index is 15.7. The van der Waals surface area contributed by atoms with E-state index in [1.165, 1.54) is 24.5 Å². The summed E-state index contributed by atoms with van der Waals surface area (Å²) in [6.07, 6.45) is -1.30. The van der Waals surface area contributed by atoms with E-state index in [9.17, 15) is 28.3 Å². The average molecular weight is 615 g/mol. The van der Waals surface area contributed by atoms with Gasteiger partial charge in [-0.2, -0.15) is 18.4 Å². The van der Waals surface area contributed by atoms with Crippen molar-refractivity contribution < 1.29 is 32.2 Å². The average Bonchev–Trinajstić information content (AvgIpc) is 3.01. The molecule has 1 aliphatic heterocycles. The Morgan fingerprint density at radius 3 is 2.55 bits per heavy atom. The van der Waals surface area contributed by atoms with Gasteiger partial charge in [0, 0.05) is 38.1 Å². The number of aromatic nitrogens is 2. The number of nitrogens with one attached hydrogen (secondary N) is 1. The van der Waals surface area contributed by atoms with E-state index in [2.05, 4.69) is 15.3 Å². The van der Waals surface area contributed by atoms with Crippen LogP contribution in [0.15, 0.2) is 48.8 Å². The van der Waals surface area contributed by atoms with E-state index >= 15 is 4.39 Å². The molecule has 2 N–H and O–H groups in total. The van der Waals surface area contributed by atoms with Gasteiger partial charge >= 0.3 is 6.18 Å². The van der Waals surface area contributed by atoms with E-state index in [0.29, 0.717) is 23.4 Å². The number of benzene rings is 1. The monoisotopic (exact) mass is 614 g/mol. The van der Waals surface area contributed by atoms with Gasteiger partial charge in [-0.15, -0.1) is 0 Å². The molecule has 1 fully saturated rings. The summed E-state index contributed by atoms with van der Waals surface area (Å²) in [6.45, 7) is 2.43. The topological polar surface area (TPSA) is 115 Å². The van der Waals surface area contributed by atoms with E-state index in [0.717, 1.165) is 12.1 Å². The molecule has 3 heterocycles. The Balaban J connectivity index is 1.69. The number of likely N-dealkylation sites (N-methyl/N-ethyl adjacent to an activating group) is 1. The van der Waals surface area contributed by atoms with E-state index in [1.807, 2.05) is 6.07 Å². The summed E-state index contributed by atoms with van der Waals surface area (Å²) < 4.78 is 61.0. The number of aliphatic hydroxyl groups excluding tert-OH is 1. The molecular formula is C31H34F4N6O3. The Bertz CT molecular complexity index is 1520. The van der Waals surface area contributed by atoms with E-state index in [1.54, 1.807) is 43.0 Å². The van der Waals surface area contributed by atoms with Crippen LogP contribution in [0.1, 0.15) is 36.5 Å². The van der Waals surface area contributed by atoms with Crippen molar-refractivity contribution in [3.63, 3.8) is 0 Å². The molecule has 0 unspecified atom stereocenters. The van der Waals surface area contributed by atoms with Gasteiger partial charge in [0.1, 0.15) is 17.6 Å². The Morgan fingerprint density at radius 1 is 1.23 bits per heavy atom. The number of carbonyl (C=O) groups is 1. The highest BCUT2D eigenvalue weighted by Crippen LogP contribution is 2.40. The molecular weight excluding hydrogens is 580 g/mol. The van der Waals surface area contributed by atoms with Crippen molar-refractivity contribution in [2.45, 2.75) is 37.4 Å². The van der Waals surface area contributed by atoms with Crippen LogP contribution in [0, 0.1) is 17.1 Å². The maximum absolute atomic E-state index is 15.7. The molecule has 4 rings (SSSR count). The van der Waals surface area contributed by atoms with Crippen molar-refractivity contribution in [3.05, 3.63) is 71.3 Å². The normalized spacial score (nSPS) is 15.5. The Hall–Kier alpha value is -4.28. The molecule has 1 saturated heterocycles. The number of alkyl halides is 3. The van der Waals surface area contributed by atoms with E-state index in [4.69, 9.17) is 4.74 Å². The molecule has 0 spiro atoms. The van der Waals surface area contributed by atoms with Gasteiger partial charge in [0.05, 0.1) is 41.0 Å². The summed E-state index contributed by atoms with van der Waals surface area (Å²) in [5.41, 5.74) is -1.29. The molecule has 3 aromatic rings. The predicted molar refractivity (Wildman–Crippen MR) is 155 cm³/mol. The van der Waals surface area contributed by atoms with Gasteiger partial charge in [0.2, 0.25) is 11.8 Å². The number of nitrogens with zero attached hydrogens (tertiary/aromatic N) is 5. The minimum absolute atomic E-state index is 0.00895. The lowest BCUT2D eigenvalue weighted by atomic mass is 9.72. The van der Waals surface area contributed by atoms with Crippen LogP contribution >= 0.6 is 0 Å². The molecule has 1 atom stereocenters. The molecule has 0 radical (unpaired) electrons. The molecule has 44 heavy (non-hydrogen) atoms. The first-order chi connectivity index (χ1) is 20.9. The molecule has 1 aromatic carbocycles. The van der Waals surface area contributed by atoms with Crippen molar-refractivity contribution in [3.8, 4) is 23.2 Å². The summed E-state index contributed by atoms with van der Waals surface area (Å²) >= 11 is 0. The number of nitriles is 1. The zero-order chi connectivity index (χ0) is 32.1. The third-order valence-corrected chi connectivity index (χ3v) is 7.98. The Labute approximate surface area is 253 Å². The van der Waals surface area contributed by atoms with Crippen LogP contribution in [0.3, 0.4) is 0 Å². The summed E-state index contributed by atoms with van der Waals surface area (Å²) in [5.74, 6) is -0.851. The fourth-order valence-electron chi connectivity index (χ4n) is 5.36. The van der Waals surface area contributed by atoms with Crippen molar-refractivity contribution in [1.82, 2.24) is 20.2 Å². The second kappa shape index (κ2) is 13.6. The number of pyridine rings is 2. The van der Waals surface area contributed by atoms with Gasteiger partial charge in [-0.3, -0.25) is 9.78 Å². The maximum Gasteiger partial charge on any atom is 0.416 e. The molecule has 13 heteroatoms. The van der Waals surface area contributed by atoms with Crippen molar-refractivity contribution >= 4 is 11.6 Å². The van der Waals surface area contributed by atoms with Gasteiger partial charge in [0.25, 0.3) is 0 Å². The minimum atomic E-state index is -4.60. The van der Waals surface area contributed by atoms with Gasteiger partial charge in [0.15, 0.2) is 0 Å². The lowest BCUT2D eigenvalue weighted by molar-refractivity contribution is -0.137. The van der Waals surface area contributed by atoms with Crippen molar-refractivity contribution in [2.75, 3.05) is 51.8 Å². The van der Waals surface area contributed by atoms with Crippen LogP contribution in [0.4, 0.5) is 23.2 Å². The largest absolute Gasteiger partial charge is 0.477 e. The number of hydrogen-bond donors (Lipinski definition) is 2. The fourth-order valence-corrected chi connectivity index (χ4v) is 5.36. The molecule has 1 amide bonds. The molecule has 9 nitrogen and oxygen atoms in total. The molecule has 0 bridgehead atoms. The summed E-state index contributed by atoms with van der Waals surface area (Å²) in [4.78, 5) is 26.0. The first kappa shape index (κ1) is 32.6. The molecule has 1 aliphatic rings. The third-order valence-electron chi connectivity index (χ3n) is 7.98. The number of ether oxygens (including phenoxy) is 1. The number of carbonyl (C=O) groups excluding carboxylic acids is 1. The predicted octanol–water partition coefficient (Wildman–Crippen LogP) is 4.15. The zero-order valence-electron chi connectivity index (χ0n) is 24.7.